The number of nitrogens with zero attached hydrogens (tertiary/aromatic N) is 3. The Morgan fingerprint density at radius 2 is 2.24 bits per heavy atom. The van der Waals surface area contributed by atoms with Crippen molar-refractivity contribution in [1.82, 2.24) is 14.3 Å². The molecule has 0 radical (unpaired) electrons. The van der Waals surface area contributed by atoms with Gasteiger partial charge in [0.25, 0.3) is 0 Å². The Bertz CT molecular complexity index is 575. The van der Waals surface area contributed by atoms with Crippen molar-refractivity contribution in [3.8, 4) is 5.75 Å². The molecular weight excluding hydrogens is 222 g/mol. The van der Waals surface area contributed by atoms with Crippen molar-refractivity contribution in [2.24, 2.45) is 0 Å². The number of carboxylic acid groups (broad SMARTS) is 1. The van der Waals surface area contributed by atoms with E-state index >= 15 is 0 Å². The lowest BCUT2D eigenvalue weighted by molar-refractivity contribution is 0.0693. The smallest absolute Gasteiger partial charge is 0.356 e. The lowest BCUT2D eigenvalue weighted by Gasteiger charge is -2.07. The summed E-state index contributed by atoms with van der Waals surface area (Å²) in [5.74, 6) is -0.447. The maximum absolute atomic E-state index is 11.1. The molecule has 2 heterocycles. The van der Waals surface area contributed by atoms with Gasteiger partial charge in [0.15, 0.2) is 5.69 Å². The molecule has 0 spiro atoms. The van der Waals surface area contributed by atoms with Crippen LogP contribution in [0.4, 0.5) is 0 Å². The van der Waals surface area contributed by atoms with Gasteiger partial charge in [0.05, 0.1) is 12.1 Å². The van der Waals surface area contributed by atoms with Gasteiger partial charge in [-0.25, -0.2) is 9.78 Å². The van der Waals surface area contributed by atoms with Crippen LogP contribution in [0.2, 0.25) is 0 Å². The predicted octanol–water partition coefficient (Wildman–Crippen LogP) is 0.800. The van der Waals surface area contributed by atoms with Crippen molar-refractivity contribution in [1.29, 1.82) is 0 Å². The zero-order valence-electron chi connectivity index (χ0n) is 9.58. The number of hydrogen-bond acceptors (Lipinski definition) is 4. The van der Waals surface area contributed by atoms with E-state index in [9.17, 15) is 9.90 Å². The SMILES string of the molecule is CN(C)Cc1nc(C(=O)O)c2cc(O)ccn12. The average molecular weight is 235 g/mol. The van der Waals surface area contributed by atoms with E-state index in [4.69, 9.17) is 5.11 Å². The van der Waals surface area contributed by atoms with Crippen molar-refractivity contribution in [3.05, 3.63) is 29.8 Å². The van der Waals surface area contributed by atoms with Crippen LogP contribution in [-0.4, -0.2) is 44.6 Å². The fraction of sp³-hybridized carbons (Fsp3) is 0.273. The maximum atomic E-state index is 11.1. The number of carbonyl (C=O) groups is 1. The first-order valence-electron chi connectivity index (χ1n) is 5.07. The highest BCUT2D eigenvalue weighted by atomic mass is 16.4. The second-order valence-electron chi connectivity index (χ2n) is 4.06. The molecule has 6 nitrogen and oxygen atoms in total. The van der Waals surface area contributed by atoms with Crippen LogP contribution in [0.3, 0.4) is 0 Å². The quantitative estimate of drug-likeness (QED) is 0.822. The third kappa shape index (κ3) is 2.07. The third-order valence-corrected chi connectivity index (χ3v) is 2.36. The molecule has 2 rings (SSSR count). The number of hydrogen-bond donors (Lipinski definition) is 2. The van der Waals surface area contributed by atoms with E-state index in [1.54, 1.807) is 10.6 Å². The highest BCUT2D eigenvalue weighted by Gasteiger charge is 2.17. The number of rotatable bonds is 3. The number of aromatic hydroxyl groups is 1. The molecule has 0 saturated heterocycles. The van der Waals surface area contributed by atoms with Crippen LogP contribution in [0.25, 0.3) is 5.52 Å². The Morgan fingerprint density at radius 1 is 1.53 bits per heavy atom. The van der Waals surface area contributed by atoms with Crippen LogP contribution < -0.4 is 0 Å². The van der Waals surface area contributed by atoms with Gasteiger partial charge >= 0.3 is 5.97 Å². The topological polar surface area (TPSA) is 78.1 Å². The number of aromatic carboxylic acids is 1. The standard InChI is InChI=1S/C11H13N3O3/c1-13(2)6-9-12-10(11(16)17)8-5-7(15)3-4-14(8)9/h3-5,15H,6H2,1-2H3,(H,16,17). The Labute approximate surface area is 97.7 Å². The van der Waals surface area contributed by atoms with Crippen molar-refractivity contribution in [2.75, 3.05) is 14.1 Å². The van der Waals surface area contributed by atoms with Crippen molar-refractivity contribution < 1.29 is 15.0 Å². The highest BCUT2D eigenvalue weighted by Crippen LogP contribution is 2.19. The fourth-order valence-electron chi connectivity index (χ4n) is 1.69. The average Bonchev–Trinajstić information content (AvgIpc) is 2.55. The molecule has 0 fully saturated rings. The number of imidazole rings is 1. The van der Waals surface area contributed by atoms with Crippen LogP contribution in [0.5, 0.6) is 5.75 Å². The van der Waals surface area contributed by atoms with Gasteiger partial charge in [-0.15, -0.1) is 0 Å². The van der Waals surface area contributed by atoms with Crippen LogP contribution in [0.15, 0.2) is 18.3 Å². The largest absolute Gasteiger partial charge is 0.508 e. The molecule has 2 N–H and O–H groups in total. The van der Waals surface area contributed by atoms with Crippen LogP contribution >= 0.6 is 0 Å². The number of aromatic nitrogens is 2. The van der Waals surface area contributed by atoms with Crippen molar-refractivity contribution in [2.45, 2.75) is 6.54 Å². The summed E-state index contributed by atoms with van der Waals surface area (Å²) in [6, 6.07) is 2.90. The van der Waals surface area contributed by atoms with Gasteiger partial charge in [0, 0.05) is 12.3 Å². The normalized spacial score (nSPS) is 11.2. The van der Waals surface area contributed by atoms with Gasteiger partial charge in [0.2, 0.25) is 0 Å². The summed E-state index contributed by atoms with van der Waals surface area (Å²) in [6.45, 7) is 0.527. The molecule has 90 valence electrons. The summed E-state index contributed by atoms with van der Waals surface area (Å²) < 4.78 is 1.67. The second kappa shape index (κ2) is 4.06. The molecular formula is C11H13N3O3. The molecule has 17 heavy (non-hydrogen) atoms. The summed E-state index contributed by atoms with van der Waals surface area (Å²) in [5.41, 5.74) is 0.354. The zero-order chi connectivity index (χ0) is 12.6. The minimum Gasteiger partial charge on any atom is -0.508 e. The minimum atomic E-state index is -1.10. The highest BCUT2D eigenvalue weighted by molar-refractivity contribution is 5.94. The van der Waals surface area contributed by atoms with Gasteiger partial charge in [-0.1, -0.05) is 0 Å². The molecule has 0 aliphatic rings. The number of fused-ring (bicyclic) bond motifs is 1. The summed E-state index contributed by atoms with van der Waals surface area (Å²) in [6.07, 6.45) is 1.61. The second-order valence-corrected chi connectivity index (χ2v) is 4.06. The molecule has 6 heteroatoms. The first-order valence-corrected chi connectivity index (χ1v) is 5.07. The molecule has 0 bridgehead atoms. The van der Waals surface area contributed by atoms with E-state index in [2.05, 4.69) is 4.98 Å². The lowest BCUT2D eigenvalue weighted by atomic mass is 10.3. The molecule has 2 aromatic rings. The van der Waals surface area contributed by atoms with Crippen molar-refractivity contribution in [3.63, 3.8) is 0 Å². The van der Waals surface area contributed by atoms with Crippen LogP contribution in [0.1, 0.15) is 16.3 Å². The first kappa shape index (κ1) is 11.4. The van der Waals surface area contributed by atoms with E-state index in [1.165, 1.54) is 12.1 Å². The summed E-state index contributed by atoms with van der Waals surface area (Å²) in [5, 5.41) is 18.4. The molecule has 0 aliphatic carbocycles. The molecule has 0 amide bonds. The van der Waals surface area contributed by atoms with E-state index in [0.717, 1.165) is 0 Å². The zero-order valence-corrected chi connectivity index (χ0v) is 9.58. The van der Waals surface area contributed by atoms with E-state index in [-0.39, 0.29) is 11.4 Å². The van der Waals surface area contributed by atoms with Gasteiger partial charge < -0.3 is 19.5 Å². The third-order valence-electron chi connectivity index (χ3n) is 2.36. The Balaban J connectivity index is 2.66. The summed E-state index contributed by atoms with van der Waals surface area (Å²) in [4.78, 5) is 17.0. The van der Waals surface area contributed by atoms with E-state index < -0.39 is 5.97 Å². The van der Waals surface area contributed by atoms with E-state index in [1.807, 2.05) is 19.0 Å². The minimum absolute atomic E-state index is 0.0244. The van der Waals surface area contributed by atoms with Crippen LogP contribution in [0, 0.1) is 0 Å². The van der Waals surface area contributed by atoms with Gasteiger partial charge in [0.1, 0.15) is 11.6 Å². The molecule has 0 aromatic carbocycles. The maximum Gasteiger partial charge on any atom is 0.356 e. The molecule has 0 atom stereocenters. The number of carboxylic acids is 1. The predicted molar refractivity (Wildman–Crippen MR) is 61.2 cm³/mol. The molecule has 0 unspecified atom stereocenters. The van der Waals surface area contributed by atoms with Gasteiger partial charge in [-0.2, -0.15) is 0 Å². The lowest BCUT2D eigenvalue weighted by Crippen LogP contribution is -2.13. The Morgan fingerprint density at radius 3 is 2.82 bits per heavy atom. The Kier molecular flexibility index (Phi) is 2.72. The Hall–Kier alpha value is -2.08. The molecule has 2 aromatic heterocycles. The fourth-order valence-corrected chi connectivity index (χ4v) is 1.69. The molecule has 0 saturated carbocycles. The van der Waals surface area contributed by atoms with Crippen LogP contribution in [-0.2, 0) is 6.54 Å². The number of pyridine rings is 1. The molecule has 0 aliphatic heterocycles. The summed E-state index contributed by atoms with van der Waals surface area (Å²) >= 11 is 0. The monoisotopic (exact) mass is 235 g/mol. The summed E-state index contributed by atoms with van der Waals surface area (Å²) in [7, 11) is 3.75. The van der Waals surface area contributed by atoms with Crippen molar-refractivity contribution >= 4 is 11.5 Å². The first-order chi connectivity index (χ1) is 7.99. The van der Waals surface area contributed by atoms with E-state index in [0.29, 0.717) is 17.9 Å². The van der Waals surface area contributed by atoms with Gasteiger partial charge in [-0.05, 0) is 20.2 Å². The van der Waals surface area contributed by atoms with Gasteiger partial charge in [-0.3, -0.25) is 0 Å².